The standard InChI is InChI=1S/C19H31N3O2/c23-18(16-20-10-5-1-2-6-11-20)21-12-7-13-22(15-14-21)19(24)17-8-3-4-9-17/h3-4,17H,1-2,5-16H2. The lowest BCUT2D eigenvalue weighted by atomic mass is 10.1. The average molecular weight is 333 g/mol. The molecule has 0 unspecified atom stereocenters. The Bertz CT molecular complexity index is 461. The monoisotopic (exact) mass is 333 g/mol. The largest absolute Gasteiger partial charge is 0.341 e. The molecule has 0 N–H and O–H groups in total. The van der Waals surface area contributed by atoms with Crippen molar-refractivity contribution in [2.45, 2.75) is 44.9 Å². The summed E-state index contributed by atoms with van der Waals surface area (Å²) in [4.78, 5) is 31.5. The first-order chi connectivity index (χ1) is 11.7. The van der Waals surface area contributed by atoms with Gasteiger partial charge in [0.1, 0.15) is 0 Å². The highest BCUT2D eigenvalue weighted by atomic mass is 16.2. The van der Waals surface area contributed by atoms with Gasteiger partial charge in [0.05, 0.1) is 6.54 Å². The Labute approximate surface area is 145 Å². The highest BCUT2D eigenvalue weighted by molar-refractivity contribution is 5.80. The maximum atomic E-state index is 12.6. The quantitative estimate of drug-likeness (QED) is 0.741. The molecule has 5 nitrogen and oxygen atoms in total. The average Bonchev–Trinajstić information content (AvgIpc) is 2.84. The van der Waals surface area contributed by atoms with Crippen LogP contribution in [-0.2, 0) is 9.59 Å². The maximum absolute atomic E-state index is 12.6. The minimum atomic E-state index is 0.143. The third-order valence-corrected chi connectivity index (χ3v) is 5.57. The minimum absolute atomic E-state index is 0.143. The summed E-state index contributed by atoms with van der Waals surface area (Å²) >= 11 is 0. The number of rotatable bonds is 3. The van der Waals surface area contributed by atoms with Crippen molar-refractivity contribution < 1.29 is 9.59 Å². The molecular formula is C19H31N3O2. The van der Waals surface area contributed by atoms with E-state index >= 15 is 0 Å². The Balaban J connectivity index is 1.47. The van der Waals surface area contributed by atoms with Crippen molar-refractivity contribution in [2.24, 2.45) is 5.92 Å². The predicted octanol–water partition coefficient (Wildman–Crippen LogP) is 1.89. The van der Waals surface area contributed by atoms with E-state index in [2.05, 4.69) is 17.1 Å². The molecule has 2 fully saturated rings. The minimum Gasteiger partial charge on any atom is -0.341 e. The molecule has 0 aromatic heterocycles. The van der Waals surface area contributed by atoms with Gasteiger partial charge in [0.15, 0.2) is 0 Å². The van der Waals surface area contributed by atoms with Crippen molar-refractivity contribution >= 4 is 11.8 Å². The smallest absolute Gasteiger partial charge is 0.236 e. The van der Waals surface area contributed by atoms with Gasteiger partial charge in [-0.2, -0.15) is 0 Å². The lowest BCUT2D eigenvalue weighted by molar-refractivity contribution is -0.136. The topological polar surface area (TPSA) is 43.9 Å². The molecule has 5 heteroatoms. The highest BCUT2D eigenvalue weighted by Crippen LogP contribution is 2.21. The zero-order valence-electron chi connectivity index (χ0n) is 14.8. The zero-order valence-corrected chi connectivity index (χ0v) is 14.8. The molecule has 2 saturated heterocycles. The fraction of sp³-hybridized carbons (Fsp3) is 0.789. The number of likely N-dealkylation sites (tertiary alicyclic amines) is 1. The van der Waals surface area contributed by atoms with E-state index in [-0.39, 0.29) is 17.7 Å². The maximum Gasteiger partial charge on any atom is 0.236 e. The van der Waals surface area contributed by atoms with E-state index in [9.17, 15) is 9.59 Å². The summed E-state index contributed by atoms with van der Waals surface area (Å²) in [5.74, 6) is 0.667. The Morgan fingerprint density at radius 3 is 2.08 bits per heavy atom. The lowest BCUT2D eigenvalue weighted by Gasteiger charge is -2.26. The molecule has 0 radical (unpaired) electrons. The molecule has 0 aromatic carbocycles. The van der Waals surface area contributed by atoms with E-state index in [0.29, 0.717) is 19.6 Å². The molecule has 2 aliphatic heterocycles. The van der Waals surface area contributed by atoms with Gasteiger partial charge < -0.3 is 9.80 Å². The van der Waals surface area contributed by atoms with E-state index in [1.54, 1.807) is 0 Å². The third kappa shape index (κ3) is 4.59. The Hall–Kier alpha value is -1.36. The van der Waals surface area contributed by atoms with Gasteiger partial charge in [-0.3, -0.25) is 14.5 Å². The lowest BCUT2D eigenvalue weighted by Crippen LogP contribution is -2.43. The molecule has 2 amide bonds. The van der Waals surface area contributed by atoms with Crippen LogP contribution in [0.25, 0.3) is 0 Å². The van der Waals surface area contributed by atoms with Crippen molar-refractivity contribution in [1.29, 1.82) is 0 Å². The molecule has 0 aromatic rings. The first-order valence-electron chi connectivity index (χ1n) is 9.68. The van der Waals surface area contributed by atoms with Crippen LogP contribution in [-0.4, -0.2) is 72.3 Å². The van der Waals surface area contributed by atoms with Crippen molar-refractivity contribution in [3.8, 4) is 0 Å². The molecule has 24 heavy (non-hydrogen) atoms. The van der Waals surface area contributed by atoms with Crippen molar-refractivity contribution in [3.05, 3.63) is 12.2 Å². The van der Waals surface area contributed by atoms with Gasteiger partial charge in [0.25, 0.3) is 0 Å². The zero-order chi connectivity index (χ0) is 16.8. The van der Waals surface area contributed by atoms with Gasteiger partial charge in [-0.15, -0.1) is 0 Å². The van der Waals surface area contributed by atoms with Gasteiger partial charge in [0, 0.05) is 32.1 Å². The molecule has 2 heterocycles. The summed E-state index contributed by atoms with van der Waals surface area (Å²) in [5, 5.41) is 0. The fourth-order valence-electron chi connectivity index (χ4n) is 4.05. The van der Waals surface area contributed by atoms with Gasteiger partial charge >= 0.3 is 0 Å². The van der Waals surface area contributed by atoms with Crippen LogP contribution in [0.2, 0.25) is 0 Å². The van der Waals surface area contributed by atoms with E-state index in [0.717, 1.165) is 45.4 Å². The molecule has 0 bridgehead atoms. The predicted molar refractivity (Wildman–Crippen MR) is 94.5 cm³/mol. The molecule has 1 aliphatic carbocycles. The first-order valence-corrected chi connectivity index (χ1v) is 9.68. The summed E-state index contributed by atoms with van der Waals surface area (Å²) in [5.41, 5.74) is 0. The third-order valence-electron chi connectivity index (χ3n) is 5.57. The molecule has 0 atom stereocenters. The normalized spacial score (nSPS) is 24.0. The number of amides is 2. The molecular weight excluding hydrogens is 302 g/mol. The molecule has 0 saturated carbocycles. The highest BCUT2D eigenvalue weighted by Gasteiger charge is 2.28. The molecule has 0 spiro atoms. The number of carbonyl (C=O) groups is 2. The van der Waals surface area contributed by atoms with Crippen LogP contribution in [0, 0.1) is 5.92 Å². The summed E-state index contributed by atoms with van der Waals surface area (Å²) in [6.45, 7) is 5.64. The fourth-order valence-corrected chi connectivity index (χ4v) is 4.05. The van der Waals surface area contributed by atoms with Crippen LogP contribution in [0.4, 0.5) is 0 Å². The van der Waals surface area contributed by atoms with Crippen molar-refractivity contribution in [3.63, 3.8) is 0 Å². The number of hydrogen-bond acceptors (Lipinski definition) is 3. The van der Waals surface area contributed by atoms with Crippen molar-refractivity contribution in [1.82, 2.24) is 14.7 Å². The summed E-state index contributed by atoms with van der Waals surface area (Å²) in [6, 6.07) is 0. The summed E-state index contributed by atoms with van der Waals surface area (Å²) < 4.78 is 0. The van der Waals surface area contributed by atoms with Crippen LogP contribution in [0.3, 0.4) is 0 Å². The number of carbonyl (C=O) groups excluding carboxylic acids is 2. The Kier molecular flexibility index (Phi) is 6.30. The van der Waals surface area contributed by atoms with Gasteiger partial charge in [-0.05, 0) is 45.2 Å². The second kappa shape index (κ2) is 8.65. The molecule has 3 aliphatic rings. The van der Waals surface area contributed by atoms with E-state index in [1.807, 2.05) is 9.80 Å². The summed E-state index contributed by atoms with van der Waals surface area (Å²) in [7, 11) is 0. The van der Waals surface area contributed by atoms with Crippen LogP contribution >= 0.6 is 0 Å². The first kappa shape index (κ1) is 17.5. The molecule has 3 rings (SSSR count). The van der Waals surface area contributed by atoms with E-state index in [1.165, 1.54) is 25.7 Å². The SMILES string of the molecule is O=C(CN1CCCCCC1)N1CCCN(C(=O)C2CC=CC2)CC1. The number of allylic oxidation sites excluding steroid dienone is 2. The van der Waals surface area contributed by atoms with Crippen LogP contribution in [0.15, 0.2) is 12.2 Å². The number of nitrogens with zero attached hydrogens (tertiary/aromatic N) is 3. The number of hydrogen-bond donors (Lipinski definition) is 0. The van der Waals surface area contributed by atoms with Crippen LogP contribution < -0.4 is 0 Å². The van der Waals surface area contributed by atoms with Gasteiger partial charge in [-0.25, -0.2) is 0 Å². The second-order valence-electron chi connectivity index (χ2n) is 7.39. The Morgan fingerprint density at radius 1 is 0.750 bits per heavy atom. The second-order valence-corrected chi connectivity index (χ2v) is 7.39. The van der Waals surface area contributed by atoms with E-state index in [4.69, 9.17) is 0 Å². The summed E-state index contributed by atoms with van der Waals surface area (Å²) in [6.07, 6.45) is 11.9. The van der Waals surface area contributed by atoms with Gasteiger partial charge in [-0.1, -0.05) is 25.0 Å². The van der Waals surface area contributed by atoms with Crippen molar-refractivity contribution in [2.75, 3.05) is 45.8 Å². The van der Waals surface area contributed by atoms with Crippen LogP contribution in [0.5, 0.6) is 0 Å². The van der Waals surface area contributed by atoms with Crippen LogP contribution in [0.1, 0.15) is 44.9 Å². The van der Waals surface area contributed by atoms with Gasteiger partial charge in [0.2, 0.25) is 11.8 Å². The Morgan fingerprint density at radius 2 is 1.38 bits per heavy atom. The van der Waals surface area contributed by atoms with E-state index < -0.39 is 0 Å². The molecule has 134 valence electrons.